The fourth-order valence-corrected chi connectivity index (χ4v) is 7.40. The van der Waals surface area contributed by atoms with Gasteiger partial charge in [-0.3, -0.25) is 0 Å². The van der Waals surface area contributed by atoms with Crippen LogP contribution >= 0.6 is 0 Å². The number of rotatable bonds is 4. The van der Waals surface area contributed by atoms with E-state index in [1.807, 2.05) is 48.5 Å². The molecule has 48 heavy (non-hydrogen) atoms. The van der Waals surface area contributed by atoms with E-state index in [1.54, 1.807) is 0 Å². The molecule has 0 aliphatic heterocycles. The van der Waals surface area contributed by atoms with E-state index in [4.69, 9.17) is 0 Å². The third-order valence-corrected chi connectivity index (χ3v) is 9.45. The number of para-hydroxylation sites is 4. The van der Waals surface area contributed by atoms with Crippen molar-refractivity contribution >= 4 is 43.6 Å². The van der Waals surface area contributed by atoms with Crippen LogP contribution in [0.25, 0.3) is 77.2 Å². The summed E-state index contributed by atoms with van der Waals surface area (Å²) in [6.07, 6.45) is 0. The van der Waals surface area contributed by atoms with Gasteiger partial charge in [0.1, 0.15) is 6.07 Å². The van der Waals surface area contributed by atoms with Crippen molar-refractivity contribution in [3.05, 3.63) is 169 Å². The summed E-state index contributed by atoms with van der Waals surface area (Å²) in [4.78, 5) is 0. The Morgan fingerprint density at radius 1 is 0.396 bits per heavy atom. The molecule has 0 saturated carbocycles. The summed E-state index contributed by atoms with van der Waals surface area (Å²) in [7, 11) is 0. The van der Waals surface area contributed by atoms with Gasteiger partial charge in [0.25, 0.3) is 0 Å². The standard InChI is InChI=1S/C44H26N4/c45-27-30-11-9-22-43-44(30)37-15-4-8-21-42(37)47(43)31-25-23-29(24-26-31)32-16-10-17-33(38(32)28-46)34-12-1-5-18-39(34)48-40-19-6-2-13-35(40)36-14-3-7-20-41(36)48/h1-26H. The molecule has 0 aliphatic carbocycles. The number of nitriles is 2. The van der Waals surface area contributed by atoms with Crippen molar-refractivity contribution in [1.29, 1.82) is 10.5 Å². The van der Waals surface area contributed by atoms with E-state index >= 15 is 0 Å². The fourth-order valence-electron chi connectivity index (χ4n) is 7.40. The smallest absolute Gasteiger partial charge is 0.100 e. The van der Waals surface area contributed by atoms with Crippen molar-refractivity contribution < 1.29 is 0 Å². The van der Waals surface area contributed by atoms with Crippen LogP contribution in [0.2, 0.25) is 0 Å². The van der Waals surface area contributed by atoms with E-state index in [-0.39, 0.29) is 0 Å². The minimum Gasteiger partial charge on any atom is -0.309 e. The Labute approximate surface area is 277 Å². The normalized spacial score (nSPS) is 11.3. The summed E-state index contributed by atoms with van der Waals surface area (Å²) in [5.74, 6) is 0. The Bertz CT molecular complexity index is 2750. The van der Waals surface area contributed by atoms with Crippen LogP contribution < -0.4 is 0 Å². The average Bonchev–Trinajstić information content (AvgIpc) is 3.68. The van der Waals surface area contributed by atoms with Crippen molar-refractivity contribution in [2.24, 2.45) is 0 Å². The molecule has 2 aromatic heterocycles. The van der Waals surface area contributed by atoms with Gasteiger partial charge in [-0.15, -0.1) is 0 Å². The molecule has 4 heteroatoms. The lowest BCUT2D eigenvalue weighted by atomic mass is 9.91. The Kier molecular flexibility index (Phi) is 6.22. The SMILES string of the molecule is N#Cc1c(-c2ccc(-n3c4ccccc4c4c(C#N)cccc43)cc2)cccc1-c1ccccc1-n1c2ccccc2c2ccccc21. The lowest BCUT2D eigenvalue weighted by molar-refractivity contribution is 1.18. The highest BCUT2D eigenvalue weighted by atomic mass is 15.0. The minimum absolute atomic E-state index is 0.633. The monoisotopic (exact) mass is 610 g/mol. The number of hydrogen-bond acceptors (Lipinski definition) is 2. The van der Waals surface area contributed by atoms with Crippen LogP contribution in [-0.2, 0) is 0 Å². The Balaban J connectivity index is 1.20. The van der Waals surface area contributed by atoms with Gasteiger partial charge in [0.05, 0.1) is 45.0 Å². The lowest BCUT2D eigenvalue weighted by Gasteiger charge is -2.16. The summed E-state index contributed by atoms with van der Waals surface area (Å²) < 4.78 is 4.52. The highest BCUT2D eigenvalue weighted by Gasteiger charge is 2.19. The molecule has 9 aromatic rings. The zero-order chi connectivity index (χ0) is 32.2. The quantitative estimate of drug-likeness (QED) is 0.199. The van der Waals surface area contributed by atoms with E-state index in [1.165, 1.54) is 10.8 Å². The molecule has 0 amide bonds. The van der Waals surface area contributed by atoms with Gasteiger partial charge in [0, 0.05) is 43.9 Å². The van der Waals surface area contributed by atoms with Crippen molar-refractivity contribution in [2.45, 2.75) is 0 Å². The van der Waals surface area contributed by atoms with Crippen LogP contribution in [0.15, 0.2) is 158 Å². The van der Waals surface area contributed by atoms with E-state index in [2.05, 4.69) is 130 Å². The minimum atomic E-state index is 0.633. The Hall–Kier alpha value is -6.88. The molecule has 0 aliphatic rings. The van der Waals surface area contributed by atoms with Gasteiger partial charge in [-0.05, 0) is 54.1 Å². The predicted molar refractivity (Wildman–Crippen MR) is 195 cm³/mol. The summed E-state index contributed by atoms with van der Waals surface area (Å²) >= 11 is 0. The van der Waals surface area contributed by atoms with Crippen LogP contribution in [-0.4, -0.2) is 9.13 Å². The van der Waals surface area contributed by atoms with Crippen molar-refractivity contribution in [3.63, 3.8) is 0 Å². The maximum absolute atomic E-state index is 10.7. The summed E-state index contributed by atoms with van der Waals surface area (Å²) in [6.45, 7) is 0. The van der Waals surface area contributed by atoms with Gasteiger partial charge < -0.3 is 9.13 Å². The fraction of sp³-hybridized carbons (Fsp3) is 0. The molecule has 222 valence electrons. The first-order chi connectivity index (χ1) is 23.8. The third-order valence-electron chi connectivity index (χ3n) is 9.45. The highest BCUT2D eigenvalue weighted by Crippen LogP contribution is 2.40. The maximum Gasteiger partial charge on any atom is 0.100 e. The Morgan fingerprint density at radius 2 is 0.938 bits per heavy atom. The van der Waals surface area contributed by atoms with E-state index in [9.17, 15) is 10.5 Å². The number of aromatic nitrogens is 2. The molecule has 4 nitrogen and oxygen atoms in total. The lowest BCUT2D eigenvalue weighted by Crippen LogP contribution is -1.99. The number of benzene rings is 7. The zero-order valence-corrected chi connectivity index (χ0v) is 25.8. The molecule has 0 bridgehead atoms. The molecule has 0 unspecified atom stereocenters. The molecular formula is C44H26N4. The summed E-state index contributed by atoms with van der Waals surface area (Å²) in [6, 6.07) is 58.8. The molecular weight excluding hydrogens is 585 g/mol. The zero-order valence-electron chi connectivity index (χ0n) is 25.8. The van der Waals surface area contributed by atoms with Gasteiger partial charge in [-0.25, -0.2) is 0 Å². The predicted octanol–water partition coefficient (Wildman–Crippen LogP) is 11.0. The van der Waals surface area contributed by atoms with Gasteiger partial charge >= 0.3 is 0 Å². The molecule has 0 N–H and O–H groups in total. The third kappa shape index (κ3) is 4.01. The first kappa shape index (κ1) is 27.4. The van der Waals surface area contributed by atoms with Crippen LogP contribution in [0.1, 0.15) is 11.1 Å². The summed E-state index contributed by atoms with van der Waals surface area (Å²) in [5.41, 5.74) is 11.3. The van der Waals surface area contributed by atoms with Crippen molar-refractivity contribution in [2.75, 3.05) is 0 Å². The van der Waals surface area contributed by atoms with Gasteiger partial charge in [-0.2, -0.15) is 10.5 Å². The molecule has 0 fully saturated rings. The van der Waals surface area contributed by atoms with Gasteiger partial charge in [-0.1, -0.05) is 109 Å². The van der Waals surface area contributed by atoms with Gasteiger partial charge in [0.2, 0.25) is 0 Å². The second-order valence-corrected chi connectivity index (χ2v) is 11.9. The van der Waals surface area contributed by atoms with Crippen LogP contribution in [0, 0.1) is 22.7 Å². The molecule has 2 heterocycles. The average molecular weight is 611 g/mol. The van der Waals surface area contributed by atoms with E-state index < -0.39 is 0 Å². The van der Waals surface area contributed by atoms with Gasteiger partial charge in [0.15, 0.2) is 0 Å². The first-order valence-corrected chi connectivity index (χ1v) is 15.9. The van der Waals surface area contributed by atoms with Crippen LogP contribution in [0.4, 0.5) is 0 Å². The largest absolute Gasteiger partial charge is 0.309 e. The molecule has 0 atom stereocenters. The number of nitrogens with zero attached hydrogens (tertiary/aromatic N) is 4. The molecule has 7 aromatic carbocycles. The topological polar surface area (TPSA) is 57.4 Å². The number of hydrogen-bond donors (Lipinski definition) is 0. The number of fused-ring (bicyclic) bond motifs is 6. The molecule has 0 radical (unpaired) electrons. The van der Waals surface area contributed by atoms with E-state index in [0.717, 1.165) is 66.5 Å². The highest BCUT2D eigenvalue weighted by molar-refractivity contribution is 6.12. The van der Waals surface area contributed by atoms with Crippen molar-refractivity contribution in [1.82, 2.24) is 9.13 Å². The maximum atomic E-state index is 10.7. The van der Waals surface area contributed by atoms with Crippen LogP contribution in [0.5, 0.6) is 0 Å². The summed E-state index contributed by atoms with van der Waals surface area (Å²) in [5, 5.41) is 25.0. The first-order valence-electron chi connectivity index (χ1n) is 15.9. The second-order valence-electron chi connectivity index (χ2n) is 11.9. The molecule has 0 spiro atoms. The van der Waals surface area contributed by atoms with E-state index in [0.29, 0.717) is 11.1 Å². The van der Waals surface area contributed by atoms with Crippen LogP contribution in [0.3, 0.4) is 0 Å². The second kappa shape index (κ2) is 10.9. The van der Waals surface area contributed by atoms with Crippen molar-refractivity contribution in [3.8, 4) is 45.8 Å². The molecule has 0 saturated heterocycles. The Morgan fingerprint density at radius 3 is 1.62 bits per heavy atom. The molecule has 9 rings (SSSR count).